The van der Waals surface area contributed by atoms with Gasteiger partial charge in [0.15, 0.2) is 0 Å². The van der Waals surface area contributed by atoms with Gasteiger partial charge in [-0.1, -0.05) is 13.3 Å². The summed E-state index contributed by atoms with van der Waals surface area (Å²) in [7, 11) is 0. The Morgan fingerprint density at radius 2 is 1.96 bits per heavy atom. The Bertz CT molecular complexity index is 438. The van der Waals surface area contributed by atoms with Gasteiger partial charge in [0, 0.05) is 23.7 Å². The highest BCUT2D eigenvalue weighted by Gasteiger charge is 2.41. The van der Waals surface area contributed by atoms with E-state index in [2.05, 4.69) is 44.8 Å². The van der Waals surface area contributed by atoms with Crippen molar-refractivity contribution in [1.29, 1.82) is 0 Å². The first-order chi connectivity index (χ1) is 10.7. The van der Waals surface area contributed by atoms with Crippen molar-refractivity contribution in [2.75, 3.05) is 13.2 Å². The van der Waals surface area contributed by atoms with Crippen molar-refractivity contribution < 1.29 is 9.53 Å². The minimum atomic E-state index is 0.0502. The van der Waals surface area contributed by atoms with E-state index in [-0.39, 0.29) is 17.0 Å². The van der Waals surface area contributed by atoms with Crippen LogP contribution in [0, 0.1) is 0 Å². The molecule has 2 heterocycles. The summed E-state index contributed by atoms with van der Waals surface area (Å²) in [5.74, 6) is 0.191. The maximum atomic E-state index is 13.1. The molecule has 0 aromatic rings. The minimum Gasteiger partial charge on any atom is -0.501 e. The third-order valence-electron chi connectivity index (χ3n) is 4.83. The summed E-state index contributed by atoms with van der Waals surface area (Å²) in [6.45, 7) is 12.7. The van der Waals surface area contributed by atoms with E-state index in [1.807, 2.05) is 0 Å². The number of carbonyl (C=O) groups excluding carboxylic acids is 1. The van der Waals surface area contributed by atoms with Crippen LogP contribution in [-0.2, 0) is 9.53 Å². The molecule has 132 valence electrons. The fourth-order valence-corrected chi connectivity index (χ4v) is 4.17. The van der Waals surface area contributed by atoms with Crippen LogP contribution >= 0.6 is 0 Å². The average Bonchev–Trinajstić information content (AvgIpc) is 2.45. The van der Waals surface area contributed by atoms with E-state index < -0.39 is 0 Å². The molecule has 0 radical (unpaired) electrons. The van der Waals surface area contributed by atoms with E-state index in [9.17, 15) is 4.79 Å². The van der Waals surface area contributed by atoms with Gasteiger partial charge in [-0.25, -0.2) is 0 Å². The molecule has 2 aliphatic heterocycles. The molecule has 4 nitrogen and oxygen atoms in total. The molecule has 1 fully saturated rings. The van der Waals surface area contributed by atoms with Crippen molar-refractivity contribution in [3.63, 3.8) is 0 Å². The normalized spacial score (nSPS) is 23.8. The quantitative estimate of drug-likeness (QED) is 0.840. The largest absolute Gasteiger partial charge is 0.501 e. The van der Waals surface area contributed by atoms with Gasteiger partial charge >= 0.3 is 0 Å². The first-order valence-electron chi connectivity index (χ1n) is 9.15. The third kappa shape index (κ3) is 4.97. The Morgan fingerprint density at radius 3 is 2.48 bits per heavy atom. The molecule has 23 heavy (non-hydrogen) atoms. The standard InChI is InChI=1S/C19H34N2O2/c1-6-7-10-21(17(22)15-9-8-11-23-14-15)16-12-18(2,3)20-19(4,5)13-16/h14,16,20H,6-13H2,1-5H3. The summed E-state index contributed by atoms with van der Waals surface area (Å²) < 4.78 is 5.41. The number of amides is 1. The summed E-state index contributed by atoms with van der Waals surface area (Å²) in [4.78, 5) is 15.2. The van der Waals surface area contributed by atoms with Crippen molar-refractivity contribution in [1.82, 2.24) is 10.2 Å². The summed E-state index contributed by atoms with van der Waals surface area (Å²) >= 11 is 0. The Balaban J connectivity index is 2.19. The lowest BCUT2D eigenvalue weighted by atomic mass is 9.78. The number of piperidine rings is 1. The zero-order chi connectivity index (χ0) is 17.1. The number of nitrogens with zero attached hydrogens (tertiary/aromatic N) is 1. The zero-order valence-corrected chi connectivity index (χ0v) is 15.6. The smallest absolute Gasteiger partial charge is 0.253 e. The second kappa shape index (κ2) is 7.25. The first kappa shape index (κ1) is 18.3. The van der Waals surface area contributed by atoms with Gasteiger partial charge in [0.05, 0.1) is 18.4 Å². The lowest BCUT2D eigenvalue weighted by Crippen LogP contribution is -2.63. The second-order valence-corrected chi connectivity index (χ2v) is 8.42. The van der Waals surface area contributed by atoms with Crippen molar-refractivity contribution in [2.24, 2.45) is 0 Å². The lowest BCUT2D eigenvalue weighted by molar-refractivity contribution is -0.131. The van der Waals surface area contributed by atoms with Gasteiger partial charge in [0.1, 0.15) is 0 Å². The predicted octanol–water partition coefficient (Wildman–Crippen LogP) is 3.62. The highest BCUT2D eigenvalue weighted by Crippen LogP contribution is 2.33. The van der Waals surface area contributed by atoms with E-state index in [1.165, 1.54) is 0 Å². The summed E-state index contributed by atoms with van der Waals surface area (Å²) in [6.07, 6.45) is 7.66. The molecule has 0 bridgehead atoms. The Labute approximate surface area is 141 Å². The van der Waals surface area contributed by atoms with Gasteiger partial charge in [-0.3, -0.25) is 4.79 Å². The van der Waals surface area contributed by atoms with Crippen molar-refractivity contribution in [2.45, 2.75) is 90.3 Å². The molecule has 1 amide bonds. The molecule has 0 saturated carbocycles. The van der Waals surface area contributed by atoms with Gasteiger partial charge in [-0.05, 0) is 59.8 Å². The monoisotopic (exact) mass is 322 g/mol. The van der Waals surface area contributed by atoms with Crippen LogP contribution in [0.2, 0.25) is 0 Å². The number of rotatable bonds is 5. The van der Waals surface area contributed by atoms with Gasteiger partial charge < -0.3 is 15.0 Å². The van der Waals surface area contributed by atoms with Crippen LogP contribution in [-0.4, -0.2) is 41.1 Å². The maximum absolute atomic E-state index is 13.1. The molecular formula is C19H34N2O2. The molecule has 1 saturated heterocycles. The van der Waals surface area contributed by atoms with E-state index in [0.717, 1.165) is 57.2 Å². The SMILES string of the molecule is CCCCN(C(=O)C1=COCCC1)C1CC(C)(C)NC(C)(C)C1. The summed E-state index contributed by atoms with van der Waals surface area (Å²) in [5.41, 5.74) is 0.949. The molecule has 1 N–H and O–H groups in total. The highest BCUT2D eigenvalue weighted by molar-refractivity contribution is 5.93. The Hall–Kier alpha value is -1.03. The van der Waals surface area contributed by atoms with Crippen molar-refractivity contribution in [3.05, 3.63) is 11.8 Å². The predicted molar refractivity (Wildman–Crippen MR) is 94.2 cm³/mol. The van der Waals surface area contributed by atoms with Crippen molar-refractivity contribution in [3.8, 4) is 0 Å². The minimum absolute atomic E-state index is 0.0502. The summed E-state index contributed by atoms with van der Waals surface area (Å²) in [5, 5.41) is 3.71. The average molecular weight is 322 g/mol. The van der Waals surface area contributed by atoms with E-state index in [0.29, 0.717) is 6.04 Å². The van der Waals surface area contributed by atoms with E-state index >= 15 is 0 Å². The highest BCUT2D eigenvalue weighted by atomic mass is 16.5. The van der Waals surface area contributed by atoms with E-state index in [1.54, 1.807) is 6.26 Å². The molecule has 2 aliphatic rings. The number of ether oxygens (including phenoxy) is 1. The molecule has 0 aromatic heterocycles. The van der Waals surface area contributed by atoms with Crippen LogP contribution < -0.4 is 5.32 Å². The second-order valence-electron chi connectivity index (χ2n) is 8.42. The molecule has 0 aromatic carbocycles. The number of hydrogen-bond acceptors (Lipinski definition) is 3. The number of unbranched alkanes of at least 4 members (excludes halogenated alkanes) is 1. The molecule has 0 spiro atoms. The zero-order valence-electron chi connectivity index (χ0n) is 15.6. The van der Waals surface area contributed by atoms with E-state index in [4.69, 9.17) is 4.74 Å². The Morgan fingerprint density at radius 1 is 1.30 bits per heavy atom. The number of carbonyl (C=O) groups is 1. The topological polar surface area (TPSA) is 41.6 Å². The summed E-state index contributed by atoms with van der Waals surface area (Å²) in [6, 6.07) is 0.295. The van der Waals surface area contributed by atoms with Crippen molar-refractivity contribution >= 4 is 5.91 Å². The molecule has 4 heteroatoms. The van der Waals surface area contributed by atoms with Crippen LogP contribution in [0.3, 0.4) is 0 Å². The molecular weight excluding hydrogens is 288 g/mol. The van der Waals surface area contributed by atoms with Crippen LogP contribution in [0.15, 0.2) is 11.8 Å². The van der Waals surface area contributed by atoms with Crippen LogP contribution in [0.25, 0.3) is 0 Å². The fraction of sp³-hybridized carbons (Fsp3) is 0.842. The molecule has 0 unspecified atom stereocenters. The van der Waals surface area contributed by atoms with Gasteiger partial charge in [-0.15, -0.1) is 0 Å². The Kier molecular flexibility index (Phi) is 5.77. The van der Waals surface area contributed by atoms with Crippen LogP contribution in [0.5, 0.6) is 0 Å². The van der Waals surface area contributed by atoms with Gasteiger partial charge in [0.25, 0.3) is 5.91 Å². The fourth-order valence-electron chi connectivity index (χ4n) is 4.17. The van der Waals surface area contributed by atoms with Gasteiger partial charge in [0.2, 0.25) is 0 Å². The third-order valence-corrected chi connectivity index (χ3v) is 4.83. The number of hydrogen-bond donors (Lipinski definition) is 1. The lowest BCUT2D eigenvalue weighted by Gasteiger charge is -2.49. The first-order valence-corrected chi connectivity index (χ1v) is 9.15. The molecule has 2 rings (SSSR count). The molecule has 0 atom stereocenters. The number of nitrogens with one attached hydrogen (secondary N) is 1. The van der Waals surface area contributed by atoms with Crippen LogP contribution in [0.1, 0.15) is 73.1 Å². The van der Waals surface area contributed by atoms with Crippen LogP contribution in [0.4, 0.5) is 0 Å². The maximum Gasteiger partial charge on any atom is 0.253 e. The van der Waals surface area contributed by atoms with Gasteiger partial charge in [-0.2, -0.15) is 0 Å². The molecule has 0 aliphatic carbocycles.